The lowest BCUT2D eigenvalue weighted by atomic mass is 9.70. The van der Waals surface area contributed by atoms with Crippen LogP contribution < -0.4 is 0 Å². The summed E-state index contributed by atoms with van der Waals surface area (Å²) >= 11 is 0. The molecule has 0 heterocycles. The number of aliphatic hydroxyl groups is 1. The van der Waals surface area contributed by atoms with E-state index in [1.807, 2.05) is 0 Å². The van der Waals surface area contributed by atoms with Crippen molar-refractivity contribution < 1.29 is 14.6 Å². The number of esters is 1. The molecule has 0 aromatic heterocycles. The number of ether oxygens (including phenoxy) is 1. The summed E-state index contributed by atoms with van der Waals surface area (Å²) in [5.74, 6) is 0.972. The average Bonchev–Trinajstić information content (AvgIpc) is 1.99. The lowest BCUT2D eigenvalue weighted by Crippen LogP contribution is -2.37. The minimum atomic E-state index is -0.171. The third-order valence-corrected chi connectivity index (χ3v) is 3.40. The predicted octanol–water partition coefficient (Wildman–Crippen LogP) is 1.49. The second-order valence-electron chi connectivity index (χ2n) is 4.80. The Morgan fingerprint density at radius 2 is 1.71 bits per heavy atom. The van der Waals surface area contributed by atoms with E-state index >= 15 is 0 Å². The molecule has 0 radical (unpaired) electrons. The van der Waals surface area contributed by atoms with Crippen molar-refractivity contribution in [2.45, 2.75) is 51.2 Å². The van der Waals surface area contributed by atoms with Crippen LogP contribution in [0.1, 0.15) is 39.0 Å². The molecular formula is C11H18O3. The van der Waals surface area contributed by atoms with Crippen molar-refractivity contribution in [2.75, 3.05) is 0 Å². The van der Waals surface area contributed by atoms with Gasteiger partial charge in [0.05, 0.1) is 6.10 Å². The fourth-order valence-corrected chi connectivity index (χ4v) is 3.09. The largest absolute Gasteiger partial charge is 0.463 e. The Labute approximate surface area is 84.4 Å². The zero-order valence-electron chi connectivity index (χ0n) is 8.61. The number of fused-ring (bicyclic) bond motifs is 2. The molecule has 0 aliphatic heterocycles. The summed E-state index contributed by atoms with van der Waals surface area (Å²) in [6.07, 6.45) is 4.92. The molecule has 0 aromatic rings. The molecule has 2 aliphatic carbocycles. The summed E-state index contributed by atoms with van der Waals surface area (Å²) in [4.78, 5) is 10.8. The third kappa shape index (κ3) is 2.27. The van der Waals surface area contributed by atoms with E-state index in [2.05, 4.69) is 0 Å². The maximum Gasteiger partial charge on any atom is 0.302 e. The molecule has 2 bridgehead atoms. The molecule has 0 saturated heterocycles. The van der Waals surface area contributed by atoms with Crippen molar-refractivity contribution in [1.29, 1.82) is 0 Å². The molecule has 14 heavy (non-hydrogen) atoms. The molecule has 0 aromatic carbocycles. The van der Waals surface area contributed by atoms with Crippen LogP contribution in [0.5, 0.6) is 0 Å². The molecule has 0 spiro atoms. The Morgan fingerprint density at radius 3 is 2.21 bits per heavy atom. The number of aliphatic hydroxyl groups excluding tert-OH is 1. The van der Waals surface area contributed by atoms with Crippen LogP contribution in [0.3, 0.4) is 0 Å². The molecule has 80 valence electrons. The van der Waals surface area contributed by atoms with E-state index in [-0.39, 0.29) is 18.2 Å². The van der Waals surface area contributed by atoms with Crippen molar-refractivity contribution >= 4 is 5.97 Å². The van der Waals surface area contributed by atoms with Gasteiger partial charge in [0, 0.05) is 6.92 Å². The topological polar surface area (TPSA) is 46.5 Å². The first-order valence-electron chi connectivity index (χ1n) is 5.48. The minimum absolute atomic E-state index is 0.114. The van der Waals surface area contributed by atoms with E-state index in [1.54, 1.807) is 0 Å². The first kappa shape index (κ1) is 9.97. The first-order valence-corrected chi connectivity index (χ1v) is 5.48. The van der Waals surface area contributed by atoms with Gasteiger partial charge < -0.3 is 9.84 Å². The molecule has 3 heteroatoms. The molecule has 3 nitrogen and oxygen atoms in total. The van der Waals surface area contributed by atoms with Crippen LogP contribution in [0.4, 0.5) is 0 Å². The Morgan fingerprint density at radius 1 is 1.14 bits per heavy atom. The van der Waals surface area contributed by atoms with E-state index in [9.17, 15) is 9.90 Å². The summed E-state index contributed by atoms with van der Waals surface area (Å²) in [7, 11) is 0. The quantitative estimate of drug-likeness (QED) is 0.649. The molecule has 2 saturated carbocycles. The molecule has 2 aliphatic rings. The van der Waals surface area contributed by atoms with Crippen LogP contribution in [-0.4, -0.2) is 23.3 Å². The highest BCUT2D eigenvalue weighted by molar-refractivity contribution is 5.66. The van der Waals surface area contributed by atoms with Crippen molar-refractivity contribution in [3.05, 3.63) is 0 Å². The highest BCUT2D eigenvalue weighted by Crippen LogP contribution is 2.40. The van der Waals surface area contributed by atoms with Gasteiger partial charge in [-0.2, -0.15) is 0 Å². The smallest absolute Gasteiger partial charge is 0.302 e. The van der Waals surface area contributed by atoms with Crippen LogP contribution in [0.2, 0.25) is 0 Å². The van der Waals surface area contributed by atoms with Gasteiger partial charge in [-0.05, 0) is 43.9 Å². The van der Waals surface area contributed by atoms with Gasteiger partial charge in [0.2, 0.25) is 0 Å². The van der Waals surface area contributed by atoms with Gasteiger partial charge in [-0.15, -0.1) is 0 Å². The monoisotopic (exact) mass is 198 g/mol. The SMILES string of the molecule is CC(=O)OC1C[C@H]2CC(O)C[C@@H](C1)C2. The van der Waals surface area contributed by atoms with Crippen molar-refractivity contribution in [1.82, 2.24) is 0 Å². The molecule has 0 amide bonds. The van der Waals surface area contributed by atoms with Gasteiger partial charge in [-0.25, -0.2) is 0 Å². The fourth-order valence-electron chi connectivity index (χ4n) is 3.09. The highest BCUT2D eigenvalue weighted by Gasteiger charge is 2.36. The summed E-state index contributed by atoms with van der Waals surface area (Å²) < 4.78 is 5.24. The summed E-state index contributed by atoms with van der Waals surface area (Å²) in [5, 5.41) is 9.58. The van der Waals surface area contributed by atoms with Gasteiger partial charge in [-0.3, -0.25) is 4.79 Å². The van der Waals surface area contributed by atoms with E-state index < -0.39 is 0 Å². The molecule has 2 fully saturated rings. The second-order valence-corrected chi connectivity index (χ2v) is 4.80. The fraction of sp³-hybridized carbons (Fsp3) is 0.909. The summed E-state index contributed by atoms with van der Waals surface area (Å²) in [6.45, 7) is 1.47. The number of carbonyl (C=O) groups is 1. The van der Waals surface area contributed by atoms with Crippen LogP contribution in [0.15, 0.2) is 0 Å². The average molecular weight is 198 g/mol. The van der Waals surface area contributed by atoms with Crippen molar-refractivity contribution in [3.63, 3.8) is 0 Å². The number of hydrogen-bond donors (Lipinski definition) is 1. The Balaban J connectivity index is 1.92. The zero-order valence-corrected chi connectivity index (χ0v) is 8.61. The van der Waals surface area contributed by atoms with Gasteiger partial charge >= 0.3 is 5.97 Å². The van der Waals surface area contributed by atoms with Crippen LogP contribution in [0.25, 0.3) is 0 Å². The lowest BCUT2D eigenvalue weighted by Gasteiger charge is -2.40. The van der Waals surface area contributed by atoms with Crippen LogP contribution in [0, 0.1) is 11.8 Å². The molecule has 2 rings (SSSR count). The normalized spacial score (nSPS) is 41.9. The van der Waals surface area contributed by atoms with E-state index in [4.69, 9.17) is 4.74 Å². The molecular weight excluding hydrogens is 180 g/mol. The van der Waals surface area contributed by atoms with E-state index in [1.165, 1.54) is 13.3 Å². The Kier molecular flexibility index (Phi) is 2.77. The Bertz CT molecular complexity index is 209. The van der Waals surface area contributed by atoms with E-state index in [0.29, 0.717) is 11.8 Å². The zero-order chi connectivity index (χ0) is 10.1. The van der Waals surface area contributed by atoms with Crippen molar-refractivity contribution in [2.24, 2.45) is 11.8 Å². The number of rotatable bonds is 1. The second kappa shape index (κ2) is 3.89. The Hall–Kier alpha value is -0.570. The predicted molar refractivity (Wildman–Crippen MR) is 51.6 cm³/mol. The first-order chi connectivity index (χ1) is 6.63. The number of hydrogen-bond acceptors (Lipinski definition) is 3. The maximum atomic E-state index is 10.8. The molecule has 2 unspecified atom stereocenters. The minimum Gasteiger partial charge on any atom is -0.463 e. The maximum absolute atomic E-state index is 10.8. The lowest BCUT2D eigenvalue weighted by molar-refractivity contribution is -0.151. The third-order valence-electron chi connectivity index (χ3n) is 3.40. The summed E-state index contributed by atoms with van der Waals surface area (Å²) in [6, 6.07) is 0. The summed E-state index contributed by atoms with van der Waals surface area (Å²) in [5.41, 5.74) is 0. The van der Waals surface area contributed by atoms with Gasteiger partial charge in [0.15, 0.2) is 0 Å². The molecule has 1 N–H and O–H groups in total. The van der Waals surface area contributed by atoms with Crippen LogP contribution in [-0.2, 0) is 9.53 Å². The highest BCUT2D eigenvalue weighted by atomic mass is 16.5. The van der Waals surface area contributed by atoms with Gasteiger partial charge in [-0.1, -0.05) is 0 Å². The number of carbonyl (C=O) groups excluding carboxylic acids is 1. The standard InChI is InChI=1S/C11H18O3/c1-7(12)14-11-5-8-2-9(6-11)4-10(13)3-8/h8-11,13H,2-6H2,1H3/t8-,9+,10?,11?. The van der Waals surface area contributed by atoms with Crippen molar-refractivity contribution in [3.8, 4) is 0 Å². The van der Waals surface area contributed by atoms with Gasteiger partial charge in [0.25, 0.3) is 0 Å². The van der Waals surface area contributed by atoms with Gasteiger partial charge in [0.1, 0.15) is 6.10 Å². The molecule has 4 atom stereocenters. The van der Waals surface area contributed by atoms with Crippen LogP contribution >= 0.6 is 0 Å². The van der Waals surface area contributed by atoms with E-state index in [0.717, 1.165) is 25.7 Å².